The van der Waals surface area contributed by atoms with Crippen molar-refractivity contribution in [2.24, 2.45) is 0 Å². The Morgan fingerprint density at radius 2 is 1.73 bits per heavy atom. The molecule has 0 saturated heterocycles. The second-order valence-corrected chi connectivity index (χ2v) is 2.70. The van der Waals surface area contributed by atoms with E-state index in [4.69, 9.17) is 0 Å². The Kier molecular flexibility index (Phi) is 6.00. The second kappa shape index (κ2) is 6.26. The second-order valence-electron chi connectivity index (χ2n) is 2.70. The molecule has 0 radical (unpaired) electrons. The highest BCUT2D eigenvalue weighted by atomic mass is 15.1. The third kappa shape index (κ3) is 3.45. The van der Waals surface area contributed by atoms with Crippen LogP contribution >= 0.6 is 0 Å². The lowest BCUT2D eigenvalue weighted by atomic mass is 10.2. The van der Waals surface area contributed by atoms with Crippen LogP contribution < -0.4 is 0 Å². The number of allylic oxidation sites excluding steroid dienone is 2. The van der Waals surface area contributed by atoms with Crippen LogP contribution in [0.3, 0.4) is 0 Å². The van der Waals surface area contributed by atoms with Crippen molar-refractivity contribution < 1.29 is 0 Å². The Balaban J connectivity index is 3.99. The maximum Gasteiger partial charge on any atom is 0.0146 e. The van der Waals surface area contributed by atoms with E-state index in [0.717, 1.165) is 13.1 Å². The first-order chi connectivity index (χ1) is 5.29. The molecule has 0 aromatic heterocycles. The van der Waals surface area contributed by atoms with Gasteiger partial charge in [0.2, 0.25) is 0 Å². The van der Waals surface area contributed by atoms with Crippen molar-refractivity contribution in [3.8, 4) is 0 Å². The molecular formula is C10H21N. The largest absolute Gasteiger partial charge is 0.376 e. The monoisotopic (exact) mass is 155 g/mol. The SMILES string of the molecule is CC=C(CCC)N(CC)CC. The van der Waals surface area contributed by atoms with E-state index in [2.05, 4.69) is 38.7 Å². The molecular weight excluding hydrogens is 134 g/mol. The van der Waals surface area contributed by atoms with Gasteiger partial charge in [-0.1, -0.05) is 19.4 Å². The first-order valence-corrected chi connectivity index (χ1v) is 4.70. The fourth-order valence-electron chi connectivity index (χ4n) is 1.37. The summed E-state index contributed by atoms with van der Waals surface area (Å²) in [4.78, 5) is 2.42. The van der Waals surface area contributed by atoms with Crippen LogP contribution in [0.5, 0.6) is 0 Å². The molecule has 0 rings (SSSR count). The average molecular weight is 155 g/mol. The van der Waals surface area contributed by atoms with Gasteiger partial charge in [0.25, 0.3) is 0 Å². The van der Waals surface area contributed by atoms with Crippen LogP contribution in [0.15, 0.2) is 11.8 Å². The maximum atomic E-state index is 2.42. The van der Waals surface area contributed by atoms with Gasteiger partial charge < -0.3 is 4.90 Å². The molecule has 0 heterocycles. The molecule has 0 fully saturated rings. The Morgan fingerprint density at radius 3 is 2.00 bits per heavy atom. The molecule has 0 spiro atoms. The number of hydrogen-bond donors (Lipinski definition) is 0. The standard InChI is InChI=1S/C10H21N/c1-5-9-10(6-2)11(7-3)8-4/h6H,5,7-9H2,1-4H3. The normalized spacial score (nSPS) is 11.8. The molecule has 0 aliphatic heterocycles. The van der Waals surface area contributed by atoms with E-state index in [1.165, 1.54) is 18.5 Å². The summed E-state index contributed by atoms with van der Waals surface area (Å²) in [5, 5.41) is 0. The molecule has 0 amide bonds. The lowest BCUT2D eigenvalue weighted by molar-refractivity contribution is 0.366. The van der Waals surface area contributed by atoms with Gasteiger partial charge in [0.15, 0.2) is 0 Å². The van der Waals surface area contributed by atoms with Crippen molar-refractivity contribution in [1.29, 1.82) is 0 Å². The van der Waals surface area contributed by atoms with E-state index < -0.39 is 0 Å². The van der Waals surface area contributed by atoms with Crippen molar-refractivity contribution in [2.75, 3.05) is 13.1 Å². The van der Waals surface area contributed by atoms with Gasteiger partial charge in [-0.3, -0.25) is 0 Å². The first-order valence-electron chi connectivity index (χ1n) is 4.70. The quantitative estimate of drug-likeness (QED) is 0.590. The third-order valence-electron chi connectivity index (χ3n) is 2.01. The molecule has 66 valence electrons. The molecule has 0 unspecified atom stereocenters. The Labute approximate surface area is 71.1 Å². The Bertz CT molecular complexity index is 112. The van der Waals surface area contributed by atoms with Crippen molar-refractivity contribution in [1.82, 2.24) is 4.90 Å². The van der Waals surface area contributed by atoms with E-state index in [0.29, 0.717) is 0 Å². The molecule has 0 aromatic rings. The predicted octanol–water partition coefficient (Wildman–Crippen LogP) is 3.03. The summed E-state index contributed by atoms with van der Waals surface area (Å²) < 4.78 is 0. The maximum absolute atomic E-state index is 2.42. The van der Waals surface area contributed by atoms with Crippen molar-refractivity contribution in [3.05, 3.63) is 11.8 Å². The molecule has 1 heteroatoms. The average Bonchev–Trinajstić information content (AvgIpc) is 2.05. The molecule has 0 bridgehead atoms. The number of rotatable bonds is 5. The smallest absolute Gasteiger partial charge is 0.0146 e. The minimum absolute atomic E-state index is 1.14. The zero-order valence-corrected chi connectivity index (χ0v) is 8.35. The van der Waals surface area contributed by atoms with Gasteiger partial charge in [-0.2, -0.15) is 0 Å². The zero-order valence-electron chi connectivity index (χ0n) is 8.35. The minimum Gasteiger partial charge on any atom is -0.376 e. The number of hydrogen-bond acceptors (Lipinski definition) is 1. The van der Waals surface area contributed by atoms with Crippen LogP contribution in [-0.2, 0) is 0 Å². The first kappa shape index (κ1) is 10.5. The van der Waals surface area contributed by atoms with Crippen LogP contribution in [0.2, 0.25) is 0 Å². The molecule has 0 aromatic carbocycles. The minimum atomic E-state index is 1.14. The van der Waals surface area contributed by atoms with Gasteiger partial charge in [0.05, 0.1) is 0 Å². The van der Waals surface area contributed by atoms with Gasteiger partial charge in [-0.05, 0) is 27.2 Å². The van der Waals surface area contributed by atoms with E-state index in [1.54, 1.807) is 0 Å². The van der Waals surface area contributed by atoms with Crippen LogP contribution in [0.25, 0.3) is 0 Å². The lowest BCUT2D eigenvalue weighted by Crippen LogP contribution is -2.21. The van der Waals surface area contributed by atoms with Crippen LogP contribution in [0.4, 0.5) is 0 Å². The van der Waals surface area contributed by atoms with Crippen molar-refractivity contribution >= 4 is 0 Å². The highest BCUT2D eigenvalue weighted by molar-refractivity contribution is 4.98. The molecule has 0 aliphatic carbocycles. The molecule has 0 saturated carbocycles. The van der Waals surface area contributed by atoms with Gasteiger partial charge in [0, 0.05) is 18.8 Å². The van der Waals surface area contributed by atoms with E-state index >= 15 is 0 Å². The van der Waals surface area contributed by atoms with E-state index in [1.807, 2.05) is 0 Å². The summed E-state index contributed by atoms with van der Waals surface area (Å²) in [7, 11) is 0. The third-order valence-corrected chi connectivity index (χ3v) is 2.01. The van der Waals surface area contributed by atoms with Crippen molar-refractivity contribution in [3.63, 3.8) is 0 Å². The van der Waals surface area contributed by atoms with Crippen molar-refractivity contribution in [2.45, 2.75) is 40.5 Å². The molecule has 11 heavy (non-hydrogen) atoms. The van der Waals surface area contributed by atoms with Gasteiger partial charge in [-0.15, -0.1) is 0 Å². The molecule has 0 N–H and O–H groups in total. The Hall–Kier alpha value is -0.460. The van der Waals surface area contributed by atoms with Crippen LogP contribution in [0, 0.1) is 0 Å². The summed E-state index contributed by atoms with van der Waals surface area (Å²) in [6.45, 7) is 11.0. The topological polar surface area (TPSA) is 3.24 Å². The summed E-state index contributed by atoms with van der Waals surface area (Å²) in [5.74, 6) is 0. The summed E-state index contributed by atoms with van der Waals surface area (Å²) in [6.07, 6.45) is 4.70. The fourth-order valence-corrected chi connectivity index (χ4v) is 1.37. The molecule has 1 nitrogen and oxygen atoms in total. The highest BCUT2D eigenvalue weighted by Gasteiger charge is 2.01. The Morgan fingerprint density at radius 1 is 1.18 bits per heavy atom. The molecule has 0 aliphatic rings. The van der Waals surface area contributed by atoms with Gasteiger partial charge >= 0.3 is 0 Å². The highest BCUT2D eigenvalue weighted by Crippen LogP contribution is 2.09. The zero-order chi connectivity index (χ0) is 8.69. The van der Waals surface area contributed by atoms with Crippen LogP contribution in [0.1, 0.15) is 40.5 Å². The van der Waals surface area contributed by atoms with Crippen LogP contribution in [-0.4, -0.2) is 18.0 Å². The fraction of sp³-hybridized carbons (Fsp3) is 0.800. The summed E-state index contributed by atoms with van der Waals surface area (Å²) >= 11 is 0. The molecule has 0 atom stereocenters. The van der Waals surface area contributed by atoms with E-state index in [9.17, 15) is 0 Å². The number of nitrogens with zero attached hydrogens (tertiary/aromatic N) is 1. The lowest BCUT2D eigenvalue weighted by Gasteiger charge is -2.23. The summed E-state index contributed by atoms with van der Waals surface area (Å²) in [5.41, 5.74) is 1.50. The predicted molar refractivity (Wildman–Crippen MR) is 51.6 cm³/mol. The van der Waals surface area contributed by atoms with Gasteiger partial charge in [-0.25, -0.2) is 0 Å². The van der Waals surface area contributed by atoms with Gasteiger partial charge in [0.1, 0.15) is 0 Å². The summed E-state index contributed by atoms with van der Waals surface area (Å²) in [6, 6.07) is 0. The van der Waals surface area contributed by atoms with E-state index in [-0.39, 0.29) is 0 Å².